The molecule has 1 atom stereocenters. The number of aryl methyl sites for hydroxylation is 3. The fraction of sp³-hybridized carbons (Fsp3) is 0.387. The van der Waals surface area contributed by atoms with Crippen molar-refractivity contribution in [3.05, 3.63) is 81.4 Å². The third-order valence-corrected chi connectivity index (χ3v) is 6.98. The molecule has 0 saturated heterocycles. The van der Waals surface area contributed by atoms with Gasteiger partial charge in [-0.05, 0) is 50.3 Å². The SMILES string of the molecule is CCOC(=O)C1=C(N)OC2=C(C(=O)CC(C)(C)C2)C1c1ccccc1OCC(=O)Nc1c(C)cc(C)cc1C. The molecule has 0 aromatic heterocycles. The summed E-state index contributed by atoms with van der Waals surface area (Å²) in [6.07, 6.45) is 0.782. The van der Waals surface area contributed by atoms with E-state index in [1.807, 2.05) is 46.8 Å². The maximum Gasteiger partial charge on any atom is 0.340 e. The van der Waals surface area contributed by atoms with Crippen molar-refractivity contribution in [2.24, 2.45) is 11.1 Å². The number of allylic oxidation sites excluding steroid dienone is 2. The molecular formula is C31H36N2O6. The number of nitrogens with one attached hydrogen (secondary N) is 1. The first-order chi connectivity index (χ1) is 18.4. The van der Waals surface area contributed by atoms with Gasteiger partial charge < -0.3 is 25.3 Å². The lowest BCUT2D eigenvalue weighted by atomic mass is 9.70. The third-order valence-electron chi connectivity index (χ3n) is 6.98. The summed E-state index contributed by atoms with van der Waals surface area (Å²) in [6.45, 7) is 11.4. The second-order valence-electron chi connectivity index (χ2n) is 11.0. The maximum absolute atomic E-state index is 13.5. The lowest BCUT2D eigenvalue weighted by Gasteiger charge is -2.38. The van der Waals surface area contributed by atoms with E-state index in [9.17, 15) is 14.4 Å². The summed E-state index contributed by atoms with van der Waals surface area (Å²) in [5, 5.41) is 2.94. The van der Waals surface area contributed by atoms with Crippen molar-refractivity contribution in [3.8, 4) is 5.75 Å². The molecule has 206 valence electrons. The number of anilines is 1. The largest absolute Gasteiger partial charge is 0.483 e. The van der Waals surface area contributed by atoms with Crippen LogP contribution in [-0.2, 0) is 23.9 Å². The molecule has 1 aliphatic heterocycles. The van der Waals surface area contributed by atoms with E-state index < -0.39 is 11.9 Å². The molecule has 4 rings (SSSR count). The minimum Gasteiger partial charge on any atom is -0.483 e. The molecule has 2 aromatic carbocycles. The quantitative estimate of drug-likeness (QED) is 0.475. The lowest BCUT2D eigenvalue weighted by molar-refractivity contribution is -0.139. The molecule has 3 N–H and O–H groups in total. The number of rotatable bonds is 7. The number of hydrogen-bond donors (Lipinski definition) is 2. The van der Waals surface area contributed by atoms with Crippen molar-refractivity contribution in [2.75, 3.05) is 18.5 Å². The molecule has 2 aliphatic rings. The van der Waals surface area contributed by atoms with Gasteiger partial charge >= 0.3 is 5.97 Å². The molecule has 0 fully saturated rings. The molecule has 1 aliphatic carbocycles. The highest BCUT2D eigenvalue weighted by Crippen LogP contribution is 2.49. The predicted octanol–water partition coefficient (Wildman–Crippen LogP) is 5.12. The van der Waals surface area contributed by atoms with Crippen LogP contribution in [0.2, 0.25) is 0 Å². The first kappa shape index (κ1) is 28.0. The van der Waals surface area contributed by atoms with Gasteiger partial charge in [-0.15, -0.1) is 0 Å². The number of ether oxygens (including phenoxy) is 3. The molecule has 8 heteroatoms. The van der Waals surface area contributed by atoms with Gasteiger partial charge in [-0.2, -0.15) is 0 Å². The predicted molar refractivity (Wildman–Crippen MR) is 148 cm³/mol. The van der Waals surface area contributed by atoms with E-state index >= 15 is 0 Å². The van der Waals surface area contributed by atoms with Crippen molar-refractivity contribution in [1.82, 2.24) is 0 Å². The second-order valence-corrected chi connectivity index (χ2v) is 11.0. The van der Waals surface area contributed by atoms with Gasteiger partial charge in [0.15, 0.2) is 12.4 Å². The number of amides is 1. The van der Waals surface area contributed by atoms with Gasteiger partial charge in [0.2, 0.25) is 5.88 Å². The van der Waals surface area contributed by atoms with Gasteiger partial charge in [-0.3, -0.25) is 9.59 Å². The van der Waals surface area contributed by atoms with Gasteiger partial charge in [0.05, 0.1) is 12.5 Å². The van der Waals surface area contributed by atoms with Crippen molar-refractivity contribution in [3.63, 3.8) is 0 Å². The van der Waals surface area contributed by atoms with E-state index in [-0.39, 0.29) is 41.8 Å². The Labute approximate surface area is 229 Å². The normalized spacial score (nSPS) is 18.3. The van der Waals surface area contributed by atoms with Gasteiger partial charge in [-0.25, -0.2) is 4.79 Å². The Balaban J connectivity index is 1.69. The number of Topliss-reactive ketones (excluding diaryl/α,β-unsaturated/α-hetero) is 1. The van der Waals surface area contributed by atoms with Crippen molar-refractivity contribution < 1.29 is 28.6 Å². The lowest BCUT2D eigenvalue weighted by Crippen LogP contribution is -2.36. The molecule has 1 amide bonds. The second kappa shape index (κ2) is 11.0. The van der Waals surface area contributed by atoms with Crippen molar-refractivity contribution in [2.45, 2.75) is 60.3 Å². The molecule has 39 heavy (non-hydrogen) atoms. The molecule has 8 nitrogen and oxygen atoms in total. The highest BCUT2D eigenvalue weighted by molar-refractivity contribution is 6.04. The zero-order chi connectivity index (χ0) is 28.5. The molecule has 1 heterocycles. The third kappa shape index (κ3) is 5.85. The average molecular weight is 533 g/mol. The van der Waals surface area contributed by atoms with Crippen LogP contribution in [0.1, 0.15) is 61.8 Å². The number of ketones is 1. The molecular weight excluding hydrogens is 496 g/mol. The number of benzene rings is 2. The first-order valence-corrected chi connectivity index (χ1v) is 13.1. The number of carbonyl (C=O) groups is 3. The monoisotopic (exact) mass is 532 g/mol. The fourth-order valence-electron chi connectivity index (χ4n) is 5.45. The topological polar surface area (TPSA) is 117 Å². The molecule has 1 unspecified atom stereocenters. The number of nitrogens with two attached hydrogens (primary N) is 1. The zero-order valence-corrected chi connectivity index (χ0v) is 23.4. The Kier molecular flexibility index (Phi) is 7.86. The summed E-state index contributed by atoms with van der Waals surface area (Å²) in [5.74, 6) is -1.26. The Morgan fingerprint density at radius 3 is 2.44 bits per heavy atom. The van der Waals surface area contributed by atoms with Crippen LogP contribution in [0, 0.1) is 26.2 Å². The highest BCUT2D eigenvalue weighted by atomic mass is 16.5. The summed E-state index contributed by atoms with van der Waals surface area (Å²) < 4.78 is 17.2. The van der Waals surface area contributed by atoms with Crippen LogP contribution in [0.15, 0.2) is 59.2 Å². The number of hydrogen-bond acceptors (Lipinski definition) is 7. The van der Waals surface area contributed by atoms with Crippen LogP contribution in [0.5, 0.6) is 5.75 Å². The summed E-state index contributed by atoms with van der Waals surface area (Å²) >= 11 is 0. The average Bonchev–Trinajstić information content (AvgIpc) is 2.83. The van der Waals surface area contributed by atoms with Gasteiger partial charge in [0, 0.05) is 29.7 Å². The summed E-state index contributed by atoms with van der Waals surface area (Å²) in [6, 6.07) is 11.0. The van der Waals surface area contributed by atoms with Crippen LogP contribution >= 0.6 is 0 Å². The van der Waals surface area contributed by atoms with Crippen LogP contribution in [-0.4, -0.2) is 30.9 Å². The number of carbonyl (C=O) groups excluding carboxylic acids is 3. The Bertz CT molecular complexity index is 1380. The summed E-state index contributed by atoms with van der Waals surface area (Å²) in [5.41, 5.74) is 10.7. The van der Waals surface area contributed by atoms with E-state index in [1.165, 1.54) is 0 Å². The Morgan fingerprint density at radius 1 is 1.10 bits per heavy atom. The van der Waals surface area contributed by atoms with E-state index in [4.69, 9.17) is 19.9 Å². The van der Waals surface area contributed by atoms with E-state index in [1.54, 1.807) is 31.2 Å². The fourth-order valence-corrected chi connectivity index (χ4v) is 5.45. The van der Waals surface area contributed by atoms with Gasteiger partial charge in [-0.1, -0.05) is 49.7 Å². The van der Waals surface area contributed by atoms with Gasteiger partial charge in [0.1, 0.15) is 17.1 Å². The molecule has 0 radical (unpaired) electrons. The van der Waals surface area contributed by atoms with E-state index in [0.717, 1.165) is 22.4 Å². The first-order valence-electron chi connectivity index (χ1n) is 13.1. The standard InChI is InChI=1S/C31H36N2O6/c1-7-37-30(36)27-25(26-21(34)14-31(5,6)15-23(26)39-29(27)32)20-10-8-9-11-22(20)38-16-24(35)33-28-18(3)12-17(2)13-19(28)4/h8-13,25H,7,14-16,32H2,1-6H3,(H,33,35). The van der Waals surface area contributed by atoms with Crippen LogP contribution in [0.3, 0.4) is 0 Å². The minimum absolute atomic E-state index is 0.0510. The summed E-state index contributed by atoms with van der Waals surface area (Å²) in [4.78, 5) is 39.5. The smallest absolute Gasteiger partial charge is 0.340 e. The Hall–Kier alpha value is -4.07. The van der Waals surface area contributed by atoms with Crippen LogP contribution in [0.4, 0.5) is 5.69 Å². The number of esters is 1. The molecule has 2 aromatic rings. The Morgan fingerprint density at radius 2 is 1.77 bits per heavy atom. The van der Waals surface area contributed by atoms with Crippen molar-refractivity contribution >= 4 is 23.3 Å². The van der Waals surface area contributed by atoms with E-state index in [2.05, 4.69) is 5.32 Å². The molecule has 0 spiro atoms. The summed E-state index contributed by atoms with van der Waals surface area (Å²) in [7, 11) is 0. The molecule has 0 bridgehead atoms. The maximum atomic E-state index is 13.5. The molecule has 0 saturated carbocycles. The van der Waals surface area contributed by atoms with Crippen LogP contribution in [0.25, 0.3) is 0 Å². The van der Waals surface area contributed by atoms with Crippen LogP contribution < -0.4 is 15.8 Å². The van der Waals surface area contributed by atoms with E-state index in [0.29, 0.717) is 35.5 Å². The number of para-hydroxylation sites is 1. The van der Waals surface area contributed by atoms with Crippen molar-refractivity contribution in [1.29, 1.82) is 0 Å². The zero-order valence-electron chi connectivity index (χ0n) is 23.4. The van der Waals surface area contributed by atoms with Gasteiger partial charge in [0.25, 0.3) is 5.91 Å². The minimum atomic E-state index is -0.850. The highest BCUT2D eigenvalue weighted by Gasteiger charge is 2.45.